The van der Waals surface area contributed by atoms with Gasteiger partial charge in [-0.25, -0.2) is 0 Å². The van der Waals surface area contributed by atoms with Crippen LogP contribution in [-0.2, 0) is 16.0 Å². The first-order valence-electron chi connectivity index (χ1n) is 8.52. The molecule has 1 aromatic carbocycles. The van der Waals surface area contributed by atoms with Gasteiger partial charge in [-0.15, -0.1) is 0 Å². The fourth-order valence-corrected chi connectivity index (χ4v) is 3.04. The number of amides is 1. The summed E-state index contributed by atoms with van der Waals surface area (Å²) in [6.07, 6.45) is -0.211. The van der Waals surface area contributed by atoms with E-state index in [1.54, 1.807) is 0 Å². The Kier molecular flexibility index (Phi) is 5.32. The first-order valence-corrected chi connectivity index (χ1v) is 8.52. The van der Waals surface area contributed by atoms with E-state index in [0.29, 0.717) is 18.3 Å². The molecule has 1 aliphatic rings. The molecule has 138 valence electrons. The number of aryl methyl sites for hydroxylation is 2. The predicted molar refractivity (Wildman–Crippen MR) is 91.1 cm³/mol. The molecule has 0 bridgehead atoms. The zero-order chi connectivity index (χ0) is 18.7. The zero-order valence-electron chi connectivity index (χ0n) is 14.5. The van der Waals surface area contributed by atoms with Crippen LogP contribution in [0.15, 0.2) is 28.8 Å². The third-order valence-electron chi connectivity index (χ3n) is 4.54. The molecule has 2 N–H and O–H groups in total. The lowest BCUT2D eigenvalue weighted by Crippen LogP contribution is -2.48. The van der Waals surface area contributed by atoms with Gasteiger partial charge in [-0.2, -0.15) is 4.98 Å². The number of aromatic nitrogens is 2. The third kappa shape index (κ3) is 4.08. The molecule has 2 atom stereocenters. The molecule has 3 rings (SSSR count). The molecule has 8 heteroatoms. The van der Waals surface area contributed by atoms with Crippen molar-refractivity contribution >= 4 is 11.9 Å². The van der Waals surface area contributed by atoms with Gasteiger partial charge in [0.1, 0.15) is 5.92 Å². The van der Waals surface area contributed by atoms with Gasteiger partial charge in [0, 0.05) is 31.5 Å². The number of aliphatic hydroxyl groups is 1. The number of carboxylic acids is 1. The van der Waals surface area contributed by atoms with Crippen LogP contribution in [0, 0.1) is 12.8 Å². The lowest BCUT2D eigenvalue weighted by molar-refractivity contribution is -0.151. The van der Waals surface area contributed by atoms with Gasteiger partial charge < -0.3 is 19.6 Å². The predicted octanol–water partition coefficient (Wildman–Crippen LogP) is 1.27. The normalized spacial score (nSPS) is 20.2. The van der Waals surface area contributed by atoms with E-state index in [1.165, 1.54) is 4.90 Å². The number of aliphatic hydroxyl groups excluding tert-OH is 1. The number of carbonyl (C=O) groups is 2. The molecule has 0 radical (unpaired) electrons. The lowest BCUT2D eigenvalue weighted by Gasteiger charge is -2.34. The highest BCUT2D eigenvalue weighted by Crippen LogP contribution is 2.20. The molecule has 0 unspecified atom stereocenters. The number of nitrogens with zero attached hydrogens (tertiary/aromatic N) is 3. The number of hydrogen-bond acceptors (Lipinski definition) is 6. The number of carboxylic acid groups (broad SMARTS) is 1. The van der Waals surface area contributed by atoms with Crippen LogP contribution in [0.3, 0.4) is 0 Å². The second-order valence-electron chi connectivity index (χ2n) is 6.52. The van der Waals surface area contributed by atoms with Gasteiger partial charge in [0.2, 0.25) is 17.6 Å². The van der Waals surface area contributed by atoms with Gasteiger partial charge in [-0.1, -0.05) is 28.9 Å². The molecule has 0 aliphatic carbocycles. The fraction of sp³-hybridized carbons (Fsp3) is 0.444. The summed E-state index contributed by atoms with van der Waals surface area (Å²) in [6, 6.07) is 7.72. The van der Waals surface area contributed by atoms with Crippen molar-refractivity contribution in [2.75, 3.05) is 13.1 Å². The Morgan fingerprint density at radius 1 is 1.38 bits per heavy atom. The fourth-order valence-electron chi connectivity index (χ4n) is 3.04. The van der Waals surface area contributed by atoms with Crippen molar-refractivity contribution in [1.82, 2.24) is 15.0 Å². The van der Waals surface area contributed by atoms with Crippen LogP contribution in [-0.4, -0.2) is 56.3 Å². The summed E-state index contributed by atoms with van der Waals surface area (Å²) >= 11 is 0. The summed E-state index contributed by atoms with van der Waals surface area (Å²) in [5.41, 5.74) is 1.94. The Morgan fingerprint density at radius 3 is 2.92 bits per heavy atom. The topological polar surface area (TPSA) is 117 Å². The van der Waals surface area contributed by atoms with E-state index in [1.807, 2.05) is 31.2 Å². The van der Waals surface area contributed by atoms with Crippen molar-refractivity contribution < 1.29 is 24.3 Å². The van der Waals surface area contributed by atoms with Crippen LogP contribution < -0.4 is 0 Å². The summed E-state index contributed by atoms with van der Waals surface area (Å²) in [5.74, 6) is -1.37. The van der Waals surface area contributed by atoms with Crippen LogP contribution in [0.1, 0.15) is 24.3 Å². The molecule has 26 heavy (non-hydrogen) atoms. The van der Waals surface area contributed by atoms with Crippen LogP contribution in [0.25, 0.3) is 11.4 Å². The Bertz CT molecular complexity index is 804. The first kappa shape index (κ1) is 18.1. The highest BCUT2D eigenvalue weighted by atomic mass is 16.5. The summed E-state index contributed by atoms with van der Waals surface area (Å²) in [7, 11) is 0. The van der Waals surface area contributed by atoms with Crippen molar-refractivity contribution in [3.63, 3.8) is 0 Å². The van der Waals surface area contributed by atoms with Crippen molar-refractivity contribution in [3.05, 3.63) is 35.7 Å². The van der Waals surface area contributed by atoms with Crippen molar-refractivity contribution in [1.29, 1.82) is 0 Å². The molecule has 0 spiro atoms. The molecule has 1 aliphatic heterocycles. The largest absolute Gasteiger partial charge is 0.481 e. The second-order valence-corrected chi connectivity index (χ2v) is 6.52. The number of rotatable bonds is 5. The molecule has 1 fully saturated rings. The van der Waals surface area contributed by atoms with E-state index in [9.17, 15) is 14.7 Å². The average molecular weight is 359 g/mol. The van der Waals surface area contributed by atoms with Crippen molar-refractivity contribution in [3.8, 4) is 11.4 Å². The third-order valence-corrected chi connectivity index (χ3v) is 4.54. The van der Waals surface area contributed by atoms with Crippen molar-refractivity contribution in [2.45, 2.75) is 32.3 Å². The molecular formula is C18H21N3O5. The molecule has 0 saturated carbocycles. The smallest absolute Gasteiger partial charge is 0.310 e. The maximum atomic E-state index is 12.3. The number of likely N-dealkylation sites (tertiary alicyclic amines) is 1. The maximum Gasteiger partial charge on any atom is 0.310 e. The summed E-state index contributed by atoms with van der Waals surface area (Å²) in [4.78, 5) is 29.3. The average Bonchev–Trinajstić information content (AvgIpc) is 3.09. The number of aliphatic carboxylic acids is 1. The number of carbonyl (C=O) groups excluding carboxylic acids is 1. The van der Waals surface area contributed by atoms with Gasteiger partial charge in [-0.05, 0) is 19.4 Å². The first-order chi connectivity index (χ1) is 12.4. The molecular weight excluding hydrogens is 338 g/mol. The van der Waals surface area contributed by atoms with Gasteiger partial charge in [0.05, 0.1) is 6.10 Å². The van der Waals surface area contributed by atoms with E-state index < -0.39 is 18.0 Å². The van der Waals surface area contributed by atoms with Crippen LogP contribution in [0.4, 0.5) is 0 Å². The van der Waals surface area contributed by atoms with Gasteiger partial charge in [0.25, 0.3) is 0 Å². The standard InChI is InChI=1S/C18H21N3O5/c1-11-3-2-4-12(9-11)17-19-15(26-20-17)5-6-16(23)21-8-7-14(22)13(10-21)18(24)25/h2-4,9,13-14,22H,5-8,10H2,1H3,(H,24,25)/t13-,14+/m0/s1. The Balaban J connectivity index is 1.57. The van der Waals surface area contributed by atoms with Gasteiger partial charge in [-0.3, -0.25) is 9.59 Å². The summed E-state index contributed by atoms with van der Waals surface area (Å²) in [5, 5.41) is 22.8. The van der Waals surface area contributed by atoms with E-state index in [-0.39, 0.29) is 31.7 Å². The number of benzene rings is 1. The monoisotopic (exact) mass is 359 g/mol. The lowest BCUT2D eigenvalue weighted by atomic mass is 9.94. The highest BCUT2D eigenvalue weighted by Gasteiger charge is 2.34. The summed E-state index contributed by atoms with van der Waals surface area (Å²) < 4.78 is 5.21. The second kappa shape index (κ2) is 7.65. The molecule has 1 amide bonds. The number of piperidine rings is 1. The molecule has 1 saturated heterocycles. The van der Waals surface area contributed by atoms with E-state index in [4.69, 9.17) is 9.63 Å². The Hall–Kier alpha value is -2.74. The Labute approximate surface area is 150 Å². The minimum Gasteiger partial charge on any atom is -0.481 e. The van der Waals surface area contributed by atoms with E-state index in [2.05, 4.69) is 10.1 Å². The quantitative estimate of drug-likeness (QED) is 0.825. The van der Waals surface area contributed by atoms with E-state index >= 15 is 0 Å². The van der Waals surface area contributed by atoms with Crippen LogP contribution in [0.5, 0.6) is 0 Å². The van der Waals surface area contributed by atoms with Crippen LogP contribution >= 0.6 is 0 Å². The molecule has 1 aromatic heterocycles. The Morgan fingerprint density at radius 2 is 2.19 bits per heavy atom. The van der Waals surface area contributed by atoms with Crippen molar-refractivity contribution in [2.24, 2.45) is 5.92 Å². The van der Waals surface area contributed by atoms with Crippen LogP contribution in [0.2, 0.25) is 0 Å². The van der Waals surface area contributed by atoms with Gasteiger partial charge in [0.15, 0.2) is 0 Å². The minimum absolute atomic E-state index is 0.0215. The zero-order valence-corrected chi connectivity index (χ0v) is 14.5. The molecule has 2 heterocycles. The summed E-state index contributed by atoms with van der Waals surface area (Å²) in [6.45, 7) is 2.35. The van der Waals surface area contributed by atoms with E-state index in [0.717, 1.165) is 11.1 Å². The minimum atomic E-state index is -1.09. The highest BCUT2D eigenvalue weighted by molar-refractivity contribution is 5.78. The van der Waals surface area contributed by atoms with Gasteiger partial charge >= 0.3 is 5.97 Å². The number of hydrogen-bond donors (Lipinski definition) is 2. The maximum absolute atomic E-state index is 12.3. The SMILES string of the molecule is Cc1cccc(-c2noc(CCC(=O)N3CC[C@@H](O)[C@@H](C(=O)O)C3)n2)c1. The molecule has 2 aromatic rings. The molecule has 8 nitrogen and oxygen atoms in total.